The SMILES string of the molecule is Cc1c(C)c2c(c(C)c1O)CCC(C)(C=C[N+](=O)[O-])O2. The summed E-state index contributed by atoms with van der Waals surface area (Å²) in [6.45, 7) is 7.46. The van der Waals surface area contributed by atoms with Crippen LogP contribution in [0.3, 0.4) is 0 Å². The number of phenolic OH excluding ortho intramolecular Hbond substituents is 1. The average Bonchev–Trinajstić information content (AvgIpc) is 2.41. The highest BCUT2D eigenvalue weighted by Crippen LogP contribution is 2.43. The van der Waals surface area contributed by atoms with Crippen molar-refractivity contribution in [2.75, 3.05) is 0 Å². The van der Waals surface area contributed by atoms with Gasteiger partial charge in [-0.15, -0.1) is 0 Å². The van der Waals surface area contributed by atoms with Gasteiger partial charge in [0.25, 0.3) is 0 Å². The van der Waals surface area contributed by atoms with E-state index in [0.29, 0.717) is 12.2 Å². The number of aromatic hydroxyl groups is 1. The standard InChI is InChI=1S/C15H19NO4/c1-9-10(2)14-12(11(3)13(9)17)5-6-15(4,20-14)7-8-16(18)19/h7-8,17H,5-6H2,1-4H3. The van der Waals surface area contributed by atoms with Gasteiger partial charge < -0.3 is 9.84 Å². The van der Waals surface area contributed by atoms with E-state index in [1.54, 1.807) is 0 Å². The Balaban J connectivity index is 2.47. The zero-order chi connectivity index (χ0) is 15.1. The molecule has 1 aromatic rings. The van der Waals surface area contributed by atoms with E-state index in [2.05, 4.69) is 0 Å². The molecule has 0 amide bonds. The number of phenols is 1. The molecule has 5 heteroatoms. The van der Waals surface area contributed by atoms with Gasteiger partial charge in [-0.1, -0.05) is 0 Å². The predicted octanol–water partition coefficient (Wildman–Crippen LogP) is 3.19. The minimum absolute atomic E-state index is 0.314. The van der Waals surface area contributed by atoms with Gasteiger partial charge in [0.1, 0.15) is 17.1 Å². The summed E-state index contributed by atoms with van der Waals surface area (Å²) >= 11 is 0. The topological polar surface area (TPSA) is 72.6 Å². The third-order valence-electron chi connectivity index (χ3n) is 4.10. The van der Waals surface area contributed by atoms with Crippen LogP contribution in [0.2, 0.25) is 0 Å². The molecule has 0 radical (unpaired) electrons. The molecule has 5 nitrogen and oxygen atoms in total. The second-order valence-corrected chi connectivity index (χ2v) is 5.55. The van der Waals surface area contributed by atoms with Crippen molar-refractivity contribution in [1.82, 2.24) is 0 Å². The average molecular weight is 277 g/mol. The van der Waals surface area contributed by atoms with E-state index in [4.69, 9.17) is 4.74 Å². The normalized spacial score (nSPS) is 21.6. The number of ether oxygens (including phenoxy) is 1. The summed E-state index contributed by atoms with van der Waals surface area (Å²) in [6.07, 6.45) is 3.80. The lowest BCUT2D eigenvalue weighted by atomic mass is 9.87. The monoisotopic (exact) mass is 277 g/mol. The Hall–Kier alpha value is -2.04. The van der Waals surface area contributed by atoms with E-state index >= 15 is 0 Å². The van der Waals surface area contributed by atoms with E-state index in [-0.39, 0.29) is 0 Å². The highest BCUT2D eigenvalue weighted by atomic mass is 16.6. The van der Waals surface area contributed by atoms with Crippen molar-refractivity contribution >= 4 is 0 Å². The minimum Gasteiger partial charge on any atom is -0.507 e. The Morgan fingerprint density at radius 1 is 1.30 bits per heavy atom. The molecule has 0 saturated heterocycles. The van der Waals surface area contributed by atoms with Crippen LogP contribution in [-0.4, -0.2) is 15.6 Å². The smallest absolute Gasteiger partial charge is 0.234 e. The molecule has 108 valence electrons. The molecule has 0 aliphatic carbocycles. The molecule has 2 rings (SSSR count). The van der Waals surface area contributed by atoms with Crippen LogP contribution in [0.4, 0.5) is 0 Å². The first-order valence-corrected chi connectivity index (χ1v) is 6.58. The number of benzene rings is 1. The molecule has 1 heterocycles. The van der Waals surface area contributed by atoms with Crippen LogP contribution in [0.15, 0.2) is 12.3 Å². The van der Waals surface area contributed by atoms with Crippen LogP contribution in [0.5, 0.6) is 11.5 Å². The Labute approximate surface area is 118 Å². The summed E-state index contributed by atoms with van der Waals surface area (Å²) in [6, 6.07) is 0. The van der Waals surface area contributed by atoms with Gasteiger partial charge in [0, 0.05) is 11.6 Å². The van der Waals surface area contributed by atoms with Crippen molar-refractivity contribution in [3.63, 3.8) is 0 Å². The lowest BCUT2D eigenvalue weighted by Crippen LogP contribution is -2.35. The number of rotatable bonds is 2. The van der Waals surface area contributed by atoms with Gasteiger partial charge in [0.05, 0.1) is 4.92 Å². The van der Waals surface area contributed by atoms with Crippen molar-refractivity contribution in [3.05, 3.63) is 44.6 Å². The fourth-order valence-electron chi connectivity index (χ4n) is 2.60. The number of hydrogen-bond acceptors (Lipinski definition) is 4. The number of fused-ring (bicyclic) bond motifs is 1. The lowest BCUT2D eigenvalue weighted by Gasteiger charge is -2.35. The van der Waals surface area contributed by atoms with Crippen LogP contribution in [-0.2, 0) is 6.42 Å². The quantitative estimate of drug-likeness (QED) is 0.665. The van der Waals surface area contributed by atoms with Gasteiger partial charge in [-0.05, 0) is 57.2 Å². The second kappa shape index (κ2) is 4.81. The summed E-state index contributed by atoms with van der Waals surface area (Å²) in [5.41, 5.74) is 2.84. The third-order valence-corrected chi connectivity index (χ3v) is 4.10. The second-order valence-electron chi connectivity index (χ2n) is 5.55. The van der Waals surface area contributed by atoms with Crippen LogP contribution in [0.25, 0.3) is 0 Å². The highest BCUT2D eigenvalue weighted by Gasteiger charge is 2.33. The molecular weight excluding hydrogens is 258 g/mol. The van der Waals surface area contributed by atoms with Crippen molar-refractivity contribution in [2.24, 2.45) is 0 Å². The first kappa shape index (κ1) is 14.4. The van der Waals surface area contributed by atoms with Gasteiger partial charge in [-0.2, -0.15) is 0 Å². The zero-order valence-corrected chi connectivity index (χ0v) is 12.2. The fraction of sp³-hybridized carbons (Fsp3) is 0.467. The Bertz CT molecular complexity index is 607. The van der Waals surface area contributed by atoms with E-state index in [9.17, 15) is 15.2 Å². The molecule has 1 aliphatic heterocycles. The van der Waals surface area contributed by atoms with Crippen LogP contribution >= 0.6 is 0 Å². The summed E-state index contributed by atoms with van der Waals surface area (Å²) in [7, 11) is 0. The Kier molecular flexibility index (Phi) is 3.46. The molecule has 0 aromatic heterocycles. The van der Waals surface area contributed by atoms with E-state index in [0.717, 1.165) is 40.6 Å². The van der Waals surface area contributed by atoms with E-state index in [1.807, 2.05) is 27.7 Å². The molecule has 1 aliphatic rings. The maximum atomic E-state index is 10.5. The molecule has 0 spiro atoms. The van der Waals surface area contributed by atoms with Crippen molar-refractivity contribution in [1.29, 1.82) is 0 Å². The summed E-state index contributed by atoms with van der Waals surface area (Å²) in [4.78, 5) is 10.00. The molecule has 1 N–H and O–H groups in total. The molecular formula is C15H19NO4. The van der Waals surface area contributed by atoms with Gasteiger partial charge >= 0.3 is 0 Å². The van der Waals surface area contributed by atoms with Crippen molar-refractivity contribution < 1.29 is 14.8 Å². The summed E-state index contributed by atoms with van der Waals surface area (Å²) < 4.78 is 6.01. The number of nitrogens with zero attached hydrogens (tertiary/aromatic N) is 1. The zero-order valence-electron chi connectivity index (χ0n) is 12.2. The Morgan fingerprint density at radius 3 is 2.55 bits per heavy atom. The minimum atomic E-state index is -0.680. The van der Waals surface area contributed by atoms with Gasteiger partial charge in [0.15, 0.2) is 0 Å². The van der Waals surface area contributed by atoms with Crippen molar-refractivity contribution in [2.45, 2.75) is 46.1 Å². The van der Waals surface area contributed by atoms with Gasteiger partial charge in [-0.25, -0.2) is 0 Å². The van der Waals surface area contributed by atoms with E-state index in [1.165, 1.54) is 6.08 Å². The Morgan fingerprint density at radius 2 is 1.95 bits per heavy atom. The molecule has 0 fully saturated rings. The first-order valence-electron chi connectivity index (χ1n) is 6.58. The summed E-state index contributed by atoms with van der Waals surface area (Å²) in [5.74, 6) is 1.06. The number of nitro groups is 1. The van der Waals surface area contributed by atoms with Gasteiger partial charge in [0.2, 0.25) is 6.20 Å². The van der Waals surface area contributed by atoms with Crippen molar-refractivity contribution in [3.8, 4) is 11.5 Å². The molecule has 0 saturated carbocycles. The number of hydrogen-bond donors (Lipinski definition) is 1. The fourth-order valence-corrected chi connectivity index (χ4v) is 2.60. The summed E-state index contributed by atoms with van der Waals surface area (Å²) in [5, 5.41) is 20.6. The van der Waals surface area contributed by atoms with Crippen LogP contribution in [0.1, 0.15) is 35.6 Å². The molecule has 20 heavy (non-hydrogen) atoms. The van der Waals surface area contributed by atoms with E-state index < -0.39 is 10.5 Å². The highest BCUT2D eigenvalue weighted by molar-refractivity contribution is 5.58. The first-order chi connectivity index (χ1) is 9.25. The third kappa shape index (κ3) is 2.35. The predicted molar refractivity (Wildman–Crippen MR) is 75.8 cm³/mol. The molecule has 1 unspecified atom stereocenters. The molecule has 0 bridgehead atoms. The van der Waals surface area contributed by atoms with Crippen LogP contribution in [0, 0.1) is 30.9 Å². The van der Waals surface area contributed by atoms with Crippen LogP contribution < -0.4 is 4.74 Å². The lowest BCUT2D eigenvalue weighted by molar-refractivity contribution is -0.403. The van der Waals surface area contributed by atoms with Gasteiger partial charge in [-0.3, -0.25) is 10.1 Å². The maximum Gasteiger partial charge on any atom is 0.234 e. The molecule has 1 aromatic carbocycles. The maximum absolute atomic E-state index is 10.5. The largest absolute Gasteiger partial charge is 0.507 e. The molecule has 1 atom stereocenters.